The van der Waals surface area contributed by atoms with Crippen LogP contribution in [0.3, 0.4) is 0 Å². The van der Waals surface area contributed by atoms with Crippen molar-refractivity contribution in [1.29, 1.82) is 0 Å². The van der Waals surface area contributed by atoms with Crippen molar-refractivity contribution in [1.82, 2.24) is 4.68 Å². The summed E-state index contributed by atoms with van der Waals surface area (Å²) in [6.07, 6.45) is -0.108. The van der Waals surface area contributed by atoms with Crippen LogP contribution in [0.4, 0.5) is 0 Å². The van der Waals surface area contributed by atoms with Gasteiger partial charge in [0, 0.05) is 18.0 Å². The van der Waals surface area contributed by atoms with Crippen LogP contribution in [0.25, 0.3) is 10.9 Å². The Balaban J connectivity index is 2.47. The number of para-hydroxylation sites is 1. The van der Waals surface area contributed by atoms with E-state index in [0.717, 1.165) is 4.68 Å². The van der Waals surface area contributed by atoms with E-state index >= 15 is 0 Å². The number of aliphatic hydroxyl groups excluding tert-OH is 1. The van der Waals surface area contributed by atoms with Crippen molar-refractivity contribution in [2.24, 2.45) is 5.29 Å². The second-order valence-electron chi connectivity index (χ2n) is 3.66. The smallest absolute Gasteiger partial charge is 0.332 e. The van der Waals surface area contributed by atoms with Crippen LogP contribution in [-0.4, -0.2) is 27.0 Å². The van der Waals surface area contributed by atoms with Gasteiger partial charge in [0.1, 0.15) is 0 Å². The minimum Gasteiger partial charge on any atom is -0.479 e. The Bertz CT molecular complexity index is 576. The molecule has 6 nitrogen and oxygen atoms in total. The van der Waals surface area contributed by atoms with Crippen LogP contribution < -0.4 is 0 Å². The Hall–Kier alpha value is -2.21. The van der Waals surface area contributed by atoms with Crippen molar-refractivity contribution in [2.45, 2.75) is 12.5 Å². The summed E-state index contributed by atoms with van der Waals surface area (Å²) in [5.74, 6) is -1.29. The van der Waals surface area contributed by atoms with E-state index in [1.165, 1.54) is 6.20 Å². The molecule has 1 unspecified atom stereocenters. The SMILES string of the molecule is O=Nn1cc(CC(O)C(=O)O)c2ccccc21. The number of nitroso groups, excluding NO2 is 1. The monoisotopic (exact) mass is 234 g/mol. The average molecular weight is 234 g/mol. The molecule has 0 radical (unpaired) electrons. The van der Waals surface area contributed by atoms with Gasteiger partial charge in [0.15, 0.2) is 6.10 Å². The zero-order valence-corrected chi connectivity index (χ0v) is 8.78. The zero-order valence-electron chi connectivity index (χ0n) is 8.78. The molecule has 1 heterocycles. The highest BCUT2D eigenvalue weighted by Crippen LogP contribution is 2.22. The van der Waals surface area contributed by atoms with E-state index in [4.69, 9.17) is 5.11 Å². The maximum Gasteiger partial charge on any atom is 0.332 e. The van der Waals surface area contributed by atoms with Gasteiger partial charge in [-0.05, 0) is 11.6 Å². The second kappa shape index (κ2) is 4.34. The molecule has 1 aromatic heterocycles. The first-order valence-corrected chi connectivity index (χ1v) is 4.97. The molecule has 1 aromatic carbocycles. The number of rotatable bonds is 4. The minimum atomic E-state index is -1.49. The van der Waals surface area contributed by atoms with E-state index in [9.17, 15) is 14.8 Å². The summed E-state index contributed by atoms with van der Waals surface area (Å²) >= 11 is 0. The number of carbonyl (C=O) groups is 1. The lowest BCUT2D eigenvalue weighted by Crippen LogP contribution is -2.21. The fraction of sp³-hybridized carbons (Fsp3) is 0.182. The van der Waals surface area contributed by atoms with E-state index in [0.29, 0.717) is 16.5 Å². The van der Waals surface area contributed by atoms with Gasteiger partial charge in [-0.2, -0.15) is 0 Å². The molecule has 0 saturated heterocycles. The summed E-state index contributed by atoms with van der Waals surface area (Å²) in [4.78, 5) is 21.2. The van der Waals surface area contributed by atoms with Crippen LogP contribution in [-0.2, 0) is 11.2 Å². The first-order valence-electron chi connectivity index (χ1n) is 4.97. The lowest BCUT2D eigenvalue weighted by Gasteiger charge is -2.03. The van der Waals surface area contributed by atoms with Crippen molar-refractivity contribution in [3.05, 3.63) is 40.9 Å². The van der Waals surface area contributed by atoms with Crippen molar-refractivity contribution >= 4 is 16.9 Å². The fourth-order valence-electron chi connectivity index (χ4n) is 1.76. The number of aliphatic hydroxyl groups is 1. The van der Waals surface area contributed by atoms with E-state index in [1.54, 1.807) is 24.3 Å². The Kier molecular flexibility index (Phi) is 2.88. The van der Waals surface area contributed by atoms with Crippen LogP contribution in [0.1, 0.15) is 5.56 Å². The molecule has 0 aliphatic rings. The number of aliphatic carboxylic acids is 1. The molecule has 0 aliphatic carbocycles. The standard InChI is InChI=1S/C11H10N2O4/c14-10(11(15)16)5-7-6-13(12-17)9-4-2-1-3-8(7)9/h1-4,6,10,14H,5H2,(H,15,16). The summed E-state index contributed by atoms with van der Waals surface area (Å²) in [6.45, 7) is 0. The minimum absolute atomic E-state index is 0.0572. The number of fused-ring (bicyclic) bond motifs is 1. The first kappa shape index (κ1) is 11.3. The van der Waals surface area contributed by atoms with Gasteiger partial charge < -0.3 is 10.2 Å². The topological polar surface area (TPSA) is 91.9 Å². The third-order valence-electron chi connectivity index (χ3n) is 2.56. The van der Waals surface area contributed by atoms with Crippen LogP contribution in [0, 0.1) is 4.91 Å². The molecule has 0 fully saturated rings. The molecule has 2 aromatic rings. The molecule has 17 heavy (non-hydrogen) atoms. The third-order valence-corrected chi connectivity index (χ3v) is 2.56. The molecule has 0 spiro atoms. The van der Waals surface area contributed by atoms with Gasteiger partial charge in [-0.1, -0.05) is 18.2 Å². The summed E-state index contributed by atoms with van der Waals surface area (Å²) in [7, 11) is 0. The Morgan fingerprint density at radius 2 is 2.12 bits per heavy atom. The molecular formula is C11H10N2O4. The van der Waals surface area contributed by atoms with Crippen LogP contribution >= 0.6 is 0 Å². The van der Waals surface area contributed by atoms with Crippen molar-refractivity contribution in [3.8, 4) is 0 Å². The Labute approximate surface area is 96.0 Å². The maximum atomic E-state index is 10.6. The van der Waals surface area contributed by atoms with Gasteiger partial charge in [-0.3, -0.25) is 0 Å². The number of carboxylic acids is 1. The van der Waals surface area contributed by atoms with Crippen molar-refractivity contribution < 1.29 is 15.0 Å². The first-order chi connectivity index (χ1) is 8.13. The van der Waals surface area contributed by atoms with Crippen LogP contribution in [0.5, 0.6) is 0 Å². The van der Waals surface area contributed by atoms with Gasteiger partial charge in [0.2, 0.25) is 0 Å². The number of hydrogen-bond acceptors (Lipinski definition) is 4. The number of aromatic nitrogens is 1. The van der Waals surface area contributed by atoms with E-state index in [1.807, 2.05) is 0 Å². The van der Waals surface area contributed by atoms with Gasteiger partial charge in [0.25, 0.3) is 0 Å². The highest BCUT2D eigenvalue weighted by atomic mass is 16.4. The number of nitrogens with zero attached hydrogens (tertiary/aromatic N) is 2. The summed E-state index contributed by atoms with van der Waals surface area (Å²) < 4.78 is 1.12. The number of benzene rings is 1. The molecule has 0 aliphatic heterocycles. The second-order valence-corrected chi connectivity index (χ2v) is 3.66. The molecular weight excluding hydrogens is 224 g/mol. The average Bonchev–Trinajstić information content (AvgIpc) is 2.68. The predicted octanol–water partition coefficient (Wildman–Crippen LogP) is 1.16. The molecule has 2 N–H and O–H groups in total. The normalized spacial score (nSPS) is 12.5. The third kappa shape index (κ3) is 2.02. The molecule has 0 saturated carbocycles. The van der Waals surface area contributed by atoms with Gasteiger partial charge >= 0.3 is 5.97 Å². The number of carboxylic acid groups (broad SMARTS) is 1. The Morgan fingerprint density at radius 1 is 1.41 bits per heavy atom. The van der Waals surface area contributed by atoms with Crippen LogP contribution in [0.2, 0.25) is 0 Å². The molecule has 2 rings (SSSR count). The van der Waals surface area contributed by atoms with Crippen LogP contribution in [0.15, 0.2) is 35.7 Å². The highest BCUT2D eigenvalue weighted by molar-refractivity contribution is 5.84. The van der Waals surface area contributed by atoms with Gasteiger partial charge in [0.05, 0.1) is 10.8 Å². The van der Waals surface area contributed by atoms with Gasteiger partial charge in [-0.15, -0.1) is 4.91 Å². The number of hydrogen-bond donors (Lipinski definition) is 2. The largest absolute Gasteiger partial charge is 0.479 e. The summed E-state index contributed by atoms with van der Waals surface area (Å²) in [5, 5.41) is 21.5. The van der Waals surface area contributed by atoms with Gasteiger partial charge in [-0.25, -0.2) is 9.47 Å². The Morgan fingerprint density at radius 3 is 2.76 bits per heavy atom. The molecule has 0 amide bonds. The van der Waals surface area contributed by atoms with E-state index in [2.05, 4.69) is 5.29 Å². The lowest BCUT2D eigenvalue weighted by atomic mass is 10.1. The predicted molar refractivity (Wildman–Crippen MR) is 60.5 cm³/mol. The van der Waals surface area contributed by atoms with Crippen molar-refractivity contribution in [2.75, 3.05) is 0 Å². The highest BCUT2D eigenvalue weighted by Gasteiger charge is 2.17. The molecule has 88 valence electrons. The molecule has 6 heteroatoms. The zero-order chi connectivity index (χ0) is 12.4. The quantitative estimate of drug-likeness (QED) is 0.776. The van der Waals surface area contributed by atoms with E-state index in [-0.39, 0.29) is 6.42 Å². The summed E-state index contributed by atoms with van der Waals surface area (Å²) in [5.41, 5.74) is 1.17. The maximum absolute atomic E-state index is 10.6. The fourth-order valence-corrected chi connectivity index (χ4v) is 1.76. The lowest BCUT2D eigenvalue weighted by molar-refractivity contribution is -0.146. The molecule has 1 atom stereocenters. The molecule has 0 bridgehead atoms. The summed E-state index contributed by atoms with van der Waals surface area (Å²) in [6, 6.07) is 6.98. The van der Waals surface area contributed by atoms with E-state index < -0.39 is 12.1 Å². The van der Waals surface area contributed by atoms with Crippen molar-refractivity contribution in [3.63, 3.8) is 0 Å².